The lowest BCUT2D eigenvalue weighted by atomic mass is 9.82. The molecule has 5 nitrogen and oxygen atoms in total. The maximum absolute atomic E-state index is 12.8. The van der Waals surface area contributed by atoms with Gasteiger partial charge in [-0.25, -0.2) is 0 Å². The molecule has 1 saturated heterocycles. The van der Waals surface area contributed by atoms with E-state index in [9.17, 15) is 4.79 Å². The first-order valence-corrected chi connectivity index (χ1v) is 11.1. The summed E-state index contributed by atoms with van der Waals surface area (Å²) in [5.74, 6) is 1.80. The normalized spacial score (nSPS) is 32.3. The van der Waals surface area contributed by atoms with E-state index in [2.05, 4.69) is 24.3 Å². The number of amides is 1. The number of fused-ring (bicyclic) bond motifs is 8. The molecule has 5 rings (SSSR count). The van der Waals surface area contributed by atoms with Gasteiger partial charge in [-0.2, -0.15) is 0 Å². The summed E-state index contributed by atoms with van der Waals surface area (Å²) in [6, 6.07) is 8.53. The summed E-state index contributed by atoms with van der Waals surface area (Å²) in [5, 5.41) is 0. The van der Waals surface area contributed by atoms with Gasteiger partial charge in [-0.15, -0.1) is 0 Å². The van der Waals surface area contributed by atoms with Crippen LogP contribution in [-0.4, -0.2) is 48.8 Å². The van der Waals surface area contributed by atoms with E-state index in [1.807, 2.05) is 4.90 Å². The van der Waals surface area contributed by atoms with E-state index in [1.165, 1.54) is 5.56 Å². The van der Waals surface area contributed by atoms with Crippen LogP contribution in [0.5, 0.6) is 5.75 Å². The minimum absolute atomic E-state index is 0.0307. The molecule has 1 aliphatic carbocycles. The molecular formula is C23H34N2O3. The number of hydrogen-bond donors (Lipinski definition) is 1. The topological polar surface area (TPSA) is 64.8 Å². The molecular weight excluding hydrogens is 352 g/mol. The largest absolute Gasteiger partial charge is 0.493 e. The average Bonchev–Trinajstić information content (AvgIpc) is 2.72. The van der Waals surface area contributed by atoms with E-state index < -0.39 is 0 Å². The number of carbonyl (C=O) groups excluding carboxylic acids is 1. The number of carbonyl (C=O) groups is 1. The summed E-state index contributed by atoms with van der Waals surface area (Å²) in [5.41, 5.74) is 7.73. The molecule has 2 N–H and O–H groups in total. The first-order valence-electron chi connectivity index (χ1n) is 11.1. The lowest BCUT2D eigenvalue weighted by Gasteiger charge is -2.41. The second kappa shape index (κ2) is 9.27. The Morgan fingerprint density at radius 3 is 2.68 bits per heavy atom. The van der Waals surface area contributed by atoms with E-state index in [4.69, 9.17) is 15.2 Å². The average molecular weight is 387 g/mol. The Morgan fingerprint density at radius 1 is 1.00 bits per heavy atom. The Bertz CT molecular complexity index is 657. The van der Waals surface area contributed by atoms with Crippen LogP contribution in [0.2, 0.25) is 0 Å². The zero-order valence-corrected chi connectivity index (χ0v) is 16.9. The van der Waals surface area contributed by atoms with Crippen LogP contribution < -0.4 is 10.5 Å². The van der Waals surface area contributed by atoms with Crippen LogP contribution in [-0.2, 0) is 9.53 Å². The maximum Gasteiger partial charge on any atom is 0.222 e. The summed E-state index contributed by atoms with van der Waals surface area (Å²) in [4.78, 5) is 14.8. The smallest absolute Gasteiger partial charge is 0.222 e. The Morgan fingerprint density at radius 2 is 1.82 bits per heavy atom. The molecule has 0 radical (unpaired) electrons. The molecule has 3 aliphatic heterocycles. The highest BCUT2D eigenvalue weighted by atomic mass is 16.5. The predicted octanol–water partition coefficient (Wildman–Crippen LogP) is 3.61. The molecule has 5 heteroatoms. The molecule has 2 bridgehead atoms. The van der Waals surface area contributed by atoms with Gasteiger partial charge in [0.2, 0.25) is 5.91 Å². The molecule has 1 saturated carbocycles. The van der Waals surface area contributed by atoms with E-state index >= 15 is 0 Å². The Kier molecular flexibility index (Phi) is 6.53. The number of hydrogen-bond acceptors (Lipinski definition) is 4. The fraction of sp³-hybridized carbons (Fsp3) is 0.696. The maximum atomic E-state index is 12.8. The van der Waals surface area contributed by atoms with Gasteiger partial charge in [0.05, 0.1) is 25.4 Å². The SMILES string of the molecule is N[C@H]1CCCN2C(=O)CCCCOc3ccccc3[C@H]3CC[C@H](CC3)OC[C@@H]12. The summed E-state index contributed by atoms with van der Waals surface area (Å²) in [6.45, 7) is 2.07. The van der Waals surface area contributed by atoms with Gasteiger partial charge >= 0.3 is 0 Å². The van der Waals surface area contributed by atoms with Crippen molar-refractivity contribution in [3.05, 3.63) is 29.8 Å². The number of para-hydroxylation sites is 1. The van der Waals surface area contributed by atoms with Gasteiger partial charge in [0.25, 0.3) is 0 Å². The van der Waals surface area contributed by atoms with Gasteiger partial charge in [0.15, 0.2) is 0 Å². The highest BCUT2D eigenvalue weighted by molar-refractivity contribution is 5.76. The highest BCUT2D eigenvalue weighted by Gasteiger charge is 2.33. The lowest BCUT2D eigenvalue weighted by Crippen LogP contribution is -2.56. The second-order valence-corrected chi connectivity index (χ2v) is 8.61. The van der Waals surface area contributed by atoms with E-state index in [1.54, 1.807) is 0 Å². The van der Waals surface area contributed by atoms with Crippen molar-refractivity contribution in [2.75, 3.05) is 19.8 Å². The first kappa shape index (κ1) is 19.7. The molecule has 1 aromatic carbocycles. The van der Waals surface area contributed by atoms with Gasteiger partial charge in [0, 0.05) is 19.0 Å². The number of rotatable bonds is 0. The van der Waals surface area contributed by atoms with Gasteiger partial charge in [-0.05, 0) is 68.9 Å². The van der Waals surface area contributed by atoms with Crippen LogP contribution in [0.4, 0.5) is 0 Å². The molecule has 28 heavy (non-hydrogen) atoms. The minimum Gasteiger partial charge on any atom is -0.493 e. The van der Waals surface area contributed by atoms with Crippen molar-refractivity contribution < 1.29 is 14.3 Å². The molecule has 2 fully saturated rings. The molecule has 0 aromatic heterocycles. The molecule has 1 amide bonds. The molecule has 1 aromatic rings. The van der Waals surface area contributed by atoms with Crippen molar-refractivity contribution in [1.82, 2.24) is 4.90 Å². The third kappa shape index (κ3) is 4.52. The van der Waals surface area contributed by atoms with Crippen LogP contribution >= 0.6 is 0 Å². The standard InChI is InChI=1S/C23H34N2O3/c24-20-7-5-14-25-21(20)16-28-18-12-10-17(11-13-18)19-6-1-2-8-22(19)27-15-4-3-9-23(25)26/h1-2,6,8,17-18,20-21H,3-5,7,9-16,24H2/t17-,18+,20-,21-/m0/s1. The van der Waals surface area contributed by atoms with Gasteiger partial charge in [0.1, 0.15) is 5.75 Å². The molecule has 0 unspecified atom stereocenters. The van der Waals surface area contributed by atoms with Gasteiger partial charge in [-0.3, -0.25) is 4.79 Å². The Balaban J connectivity index is 1.49. The molecule has 0 spiro atoms. The van der Waals surface area contributed by atoms with Crippen molar-refractivity contribution in [3.63, 3.8) is 0 Å². The number of nitrogens with two attached hydrogens (primary N) is 1. The van der Waals surface area contributed by atoms with Crippen molar-refractivity contribution in [2.45, 2.75) is 81.9 Å². The van der Waals surface area contributed by atoms with Gasteiger partial charge < -0.3 is 20.1 Å². The zero-order valence-electron chi connectivity index (χ0n) is 16.9. The van der Waals surface area contributed by atoms with E-state index in [0.717, 1.165) is 63.7 Å². The van der Waals surface area contributed by atoms with Gasteiger partial charge in [-0.1, -0.05) is 18.2 Å². The first-order chi connectivity index (χ1) is 13.7. The number of nitrogens with zero attached hydrogens (tertiary/aromatic N) is 1. The Hall–Kier alpha value is -1.59. The van der Waals surface area contributed by atoms with Crippen LogP contribution in [0.25, 0.3) is 0 Å². The Labute approximate surface area is 168 Å². The fourth-order valence-corrected chi connectivity index (χ4v) is 5.04. The third-order valence-electron chi connectivity index (χ3n) is 6.73. The predicted molar refractivity (Wildman–Crippen MR) is 109 cm³/mol. The summed E-state index contributed by atoms with van der Waals surface area (Å²) >= 11 is 0. The lowest BCUT2D eigenvalue weighted by molar-refractivity contribution is -0.138. The summed E-state index contributed by atoms with van der Waals surface area (Å²) < 4.78 is 12.4. The minimum atomic E-state index is 0.0307. The fourth-order valence-electron chi connectivity index (χ4n) is 5.04. The molecule has 4 aliphatic rings. The summed E-state index contributed by atoms with van der Waals surface area (Å²) in [6.07, 6.45) is 8.96. The van der Waals surface area contributed by atoms with Crippen LogP contribution in [0.3, 0.4) is 0 Å². The molecule has 3 heterocycles. The number of ether oxygens (including phenoxy) is 2. The highest BCUT2D eigenvalue weighted by Crippen LogP contribution is 2.38. The zero-order chi connectivity index (χ0) is 19.3. The van der Waals surface area contributed by atoms with E-state index in [0.29, 0.717) is 25.6 Å². The monoisotopic (exact) mass is 386 g/mol. The van der Waals surface area contributed by atoms with Crippen molar-refractivity contribution in [3.8, 4) is 5.75 Å². The molecule has 2 atom stereocenters. The molecule has 154 valence electrons. The van der Waals surface area contributed by atoms with Crippen LogP contribution in [0.1, 0.15) is 69.3 Å². The van der Waals surface area contributed by atoms with Crippen LogP contribution in [0.15, 0.2) is 24.3 Å². The summed E-state index contributed by atoms with van der Waals surface area (Å²) in [7, 11) is 0. The van der Waals surface area contributed by atoms with Crippen molar-refractivity contribution in [1.29, 1.82) is 0 Å². The van der Waals surface area contributed by atoms with E-state index in [-0.39, 0.29) is 24.1 Å². The third-order valence-corrected chi connectivity index (χ3v) is 6.73. The number of benzene rings is 1. The van der Waals surface area contributed by atoms with Crippen molar-refractivity contribution >= 4 is 5.91 Å². The number of piperidine rings is 1. The van der Waals surface area contributed by atoms with Crippen molar-refractivity contribution in [2.24, 2.45) is 5.73 Å². The quantitative estimate of drug-likeness (QED) is 0.740. The second-order valence-electron chi connectivity index (χ2n) is 8.61. The van der Waals surface area contributed by atoms with Crippen LogP contribution in [0, 0.1) is 0 Å².